The van der Waals surface area contributed by atoms with E-state index >= 15 is 0 Å². The summed E-state index contributed by atoms with van der Waals surface area (Å²) in [6, 6.07) is 5.57. The lowest BCUT2D eigenvalue weighted by Crippen LogP contribution is -2.48. The second-order valence-electron chi connectivity index (χ2n) is 4.91. The van der Waals surface area contributed by atoms with Gasteiger partial charge in [0, 0.05) is 7.11 Å². The van der Waals surface area contributed by atoms with Crippen LogP contribution in [0.3, 0.4) is 0 Å². The molecule has 1 aliphatic carbocycles. The van der Waals surface area contributed by atoms with Gasteiger partial charge in [0.1, 0.15) is 17.9 Å². The molecule has 1 amide bonds. The van der Waals surface area contributed by atoms with Crippen LogP contribution >= 0.6 is 0 Å². The van der Waals surface area contributed by atoms with E-state index in [1.165, 1.54) is 0 Å². The molecule has 0 unspecified atom stereocenters. The number of nitriles is 1. The van der Waals surface area contributed by atoms with Crippen molar-refractivity contribution in [3.8, 4) is 6.07 Å². The van der Waals surface area contributed by atoms with Gasteiger partial charge in [0.25, 0.3) is 5.91 Å². The van der Waals surface area contributed by atoms with E-state index < -0.39 is 5.54 Å². The average Bonchev–Trinajstić information content (AvgIpc) is 2.89. The summed E-state index contributed by atoms with van der Waals surface area (Å²) in [5, 5.41) is 12.1. The number of amides is 1. The Morgan fingerprint density at radius 3 is 2.84 bits per heavy atom. The number of rotatable bonds is 4. The molecule has 0 bridgehead atoms. The SMILES string of the molecule is COCc1ccc(C(=O)NC2(C#N)CCCCC2)o1. The molecule has 0 saturated heterocycles. The maximum absolute atomic E-state index is 12.1. The summed E-state index contributed by atoms with van der Waals surface area (Å²) in [5.74, 6) is 0.500. The molecule has 5 heteroatoms. The van der Waals surface area contributed by atoms with Gasteiger partial charge in [-0.15, -0.1) is 0 Å². The van der Waals surface area contributed by atoms with Crippen molar-refractivity contribution in [2.24, 2.45) is 0 Å². The van der Waals surface area contributed by atoms with E-state index in [1.54, 1.807) is 19.2 Å². The van der Waals surface area contributed by atoms with Crippen LogP contribution in [0.5, 0.6) is 0 Å². The molecule has 1 N–H and O–H groups in total. The number of carbonyl (C=O) groups excluding carboxylic acids is 1. The van der Waals surface area contributed by atoms with Crippen LogP contribution in [0, 0.1) is 11.3 Å². The Hall–Kier alpha value is -1.80. The Morgan fingerprint density at radius 1 is 1.47 bits per heavy atom. The first-order chi connectivity index (χ1) is 9.19. The first-order valence-electron chi connectivity index (χ1n) is 6.50. The fraction of sp³-hybridized carbons (Fsp3) is 0.571. The fourth-order valence-corrected chi connectivity index (χ4v) is 2.42. The van der Waals surface area contributed by atoms with Crippen LogP contribution in [0.4, 0.5) is 0 Å². The highest BCUT2D eigenvalue weighted by molar-refractivity contribution is 5.92. The molecule has 0 spiro atoms. The van der Waals surface area contributed by atoms with Gasteiger partial charge < -0.3 is 14.5 Å². The van der Waals surface area contributed by atoms with Gasteiger partial charge in [-0.3, -0.25) is 4.79 Å². The van der Waals surface area contributed by atoms with Gasteiger partial charge in [0.2, 0.25) is 0 Å². The topological polar surface area (TPSA) is 75.3 Å². The van der Waals surface area contributed by atoms with Crippen molar-refractivity contribution in [1.82, 2.24) is 5.32 Å². The van der Waals surface area contributed by atoms with E-state index in [1.807, 2.05) is 0 Å². The Bertz CT molecular complexity index is 481. The van der Waals surface area contributed by atoms with Crippen LogP contribution in [-0.4, -0.2) is 18.6 Å². The van der Waals surface area contributed by atoms with Crippen molar-refractivity contribution in [3.63, 3.8) is 0 Å². The number of ether oxygens (including phenoxy) is 1. The van der Waals surface area contributed by atoms with Crippen LogP contribution in [0.1, 0.15) is 48.4 Å². The summed E-state index contributed by atoms with van der Waals surface area (Å²) in [5.41, 5.74) is -0.733. The summed E-state index contributed by atoms with van der Waals surface area (Å²) >= 11 is 0. The summed E-state index contributed by atoms with van der Waals surface area (Å²) in [6.07, 6.45) is 4.49. The lowest BCUT2D eigenvalue weighted by molar-refractivity contribution is 0.0866. The minimum Gasteiger partial charge on any atom is -0.453 e. The molecule has 5 nitrogen and oxygen atoms in total. The Labute approximate surface area is 112 Å². The minimum absolute atomic E-state index is 0.229. The zero-order valence-corrected chi connectivity index (χ0v) is 11.1. The van der Waals surface area contributed by atoms with Crippen LogP contribution in [0.15, 0.2) is 16.5 Å². The second-order valence-corrected chi connectivity index (χ2v) is 4.91. The molecule has 0 atom stereocenters. The van der Waals surface area contributed by atoms with Crippen molar-refractivity contribution < 1.29 is 13.9 Å². The molecule has 1 aliphatic rings. The molecule has 2 rings (SSSR count). The quantitative estimate of drug-likeness (QED) is 0.904. The van der Waals surface area contributed by atoms with E-state index in [0.29, 0.717) is 25.2 Å². The van der Waals surface area contributed by atoms with Crippen LogP contribution in [-0.2, 0) is 11.3 Å². The molecular formula is C14H18N2O3. The third kappa shape index (κ3) is 3.15. The molecule has 0 radical (unpaired) electrons. The van der Waals surface area contributed by atoms with E-state index in [4.69, 9.17) is 9.15 Å². The molecule has 1 heterocycles. The molecular weight excluding hydrogens is 244 g/mol. The summed E-state index contributed by atoms with van der Waals surface area (Å²) in [4.78, 5) is 12.1. The summed E-state index contributed by atoms with van der Waals surface area (Å²) < 4.78 is 10.3. The minimum atomic E-state index is -0.733. The molecule has 1 aromatic heterocycles. The maximum atomic E-state index is 12.1. The molecule has 0 aromatic carbocycles. The Balaban J connectivity index is 2.04. The summed E-state index contributed by atoms with van der Waals surface area (Å²) in [7, 11) is 1.56. The monoisotopic (exact) mass is 262 g/mol. The predicted molar refractivity (Wildman–Crippen MR) is 68.3 cm³/mol. The van der Waals surface area contributed by atoms with Gasteiger partial charge in [-0.25, -0.2) is 0 Å². The molecule has 1 fully saturated rings. The molecule has 1 aromatic rings. The van der Waals surface area contributed by atoms with Crippen LogP contribution in [0.25, 0.3) is 0 Å². The van der Waals surface area contributed by atoms with Crippen molar-refractivity contribution in [2.75, 3.05) is 7.11 Å². The molecule has 0 aliphatic heterocycles. The number of carbonyl (C=O) groups is 1. The zero-order chi connectivity index (χ0) is 13.7. The standard InChI is InChI=1S/C14H18N2O3/c1-18-9-11-5-6-12(19-11)13(17)16-14(10-15)7-3-2-4-8-14/h5-6H,2-4,7-9H2,1H3,(H,16,17). The van der Waals surface area contributed by atoms with Gasteiger partial charge in [-0.1, -0.05) is 19.3 Å². The largest absolute Gasteiger partial charge is 0.453 e. The highest BCUT2D eigenvalue weighted by Gasteiger charge is 2.34. The van der Waals surface area contributed by atoms with Crippen molar-refractivity contribution >= 4 is 5.91 Å². The molecule has 102 valence electrons. The zero-order valence-electron chi connectivity index (χ0n) is 11.1. The lowest BCUT2D eigenvalue weighted by Gasteiger charge is -2.31. The number of hydrogen-bond acceptors (Lipinski definition) is 4. The third-order valence-electron chi connectivity index (χ3n) is 3.45. The normalized spacial score (nSPS) is 17.7. The van der Waals surface area contributed by atoms with Crippen molar-refractivity contribution in [3.05, 3.63) is 23.7 Å². The first-order valence-corrected chi connectivity index (χ1v) is 6.50. The van der Waals surface area contributed by atoms with Crippen molar-refractivity contribution in [2.45, 2.75) is 44.2 Å². The highest BCUT2D eigenvalue weighted by atomic mass is 16.5. The highest BCUT2D eigenvalue weighted by Crippen LogP contribution is 2.28. The second kappa shape index (κ2) is 5.89. The fourth-order valence-electron chi connectivity index (χ4n) is 2.42. The Kier molecular flexibility index (Phi) is 4.23. The maximum Gasteiger partial charge on any atom is 0.288 e. The number of furan rings is 1. The van der Waals surface area contributed by atoms with Gasteiger partial charge in [0.15, 0.2) is 5.76 Å². The van der Waals surface area contributed by atoms with E-state index in [0.717, 1.165) is 19.3 Å². The summed E-state index contributed by atoms with van der Waals surface area (Å²) in [6.45, 7) is 0.330. The van der Waals surface area contributed by atoms with Gasteiger partial charge in [-0.05, 0) is 25.0 Å². The third-order valence-corrected chi connectivity index (χ3v) is 3.45. The lowest BCUT2D eigenvalue weighted by atomic mass is 9.83. The van der Waals surface area contributed by atoms with Gasteiger partial charge in [-0.2, -0.15) is 5.26 Å². The smallest absolute Gasteiger partial charge is 0.288 e. The van der Waals surface area contributed by atoms with Gasteiger partial charge >= 0.3 is 0 Å². The number of nitrogens with one attached hydrogen (secondary N) is 1. The van der Waals surface area contributed by atoms with E-state index in [-0.39, 0.29) is 11.7 Å². The number of methoxy groups -OCH3 is 1. The number of hydrogen-bond donors (Lipinski definition) is 1. The van der Waals surface area contributed by atoms with Crippen LogP contribution in [0.2, 0.25) is 0 Å². The molecule has 19 heavy (non-hydrogen) atoms. The van der Waals surface area contributed by atoms with E-state index in [9.17, 15) is 10.1 Å². The average molecular weight is 262 g/mol. The number of nitrogens with zero attached hydrogens (tertiary/aromatic N) is 1. The molecule has 1 saturated carbocycles. The van der Waals surface area contributed by atoms with Crippen molar-refractivity contribution in [1.29, 1.82) is 5.26 Å². The van der Waals surface area contributed by atoms with E-state index in [2.05, 4.69) is 11.4 Å². The van der Waals surface area contributed by atoms with Gasteiger partial charge in [0.05, 0.1) is 6.07 Å². The predicted octanol–water partition coefficient (Wildman–Crippen LogP) is 2.38. The first kappa shape index (κ1) is 13.6. The Morgan fingerprint density at radius 2 is 2.21 bits per heavy atom. The van der Waals surface area contributed by atoms with Crippen LogP contribution < -0.4 is 5.32 Å².